The molecule has 2 saturated heterocycles. The topological polar surface area (TPSA) is 85.4 Å². The summed E-state index contributed by atoms with van der Waals surface area (Å²) in [5.41, 5.74) is 1.87. The third-order valence-corrected chi connectivity index (χ3v) is 5.44. The molecule has 4 heterocycles. The lowest BCUT2D eigenvalue weighted by atomic mass is 9.92. The predicted octanol–water partition coefficient (Wildman–Crippen LogP) is 0.676. The lowest BCUT2D eigenvalue weighted by molar-refractivity contribution is -0.123. The van der Waals surface area contributed by atoms with Crippen LogP contribution >= 0.6 is 0 Å². The number of aromatic nitrogens is 3. The van der Waals surface area contributed by atoms with Crippen molar-refractivity contribution in [2.24, 2.45) is 0 Å². The number of hydrogen-bond donors (Lipinski definition) is 1. The van der Waals surface area contributed by atoms with E-state index in [1.807, 2.05) is 31.0 Å². The minimum atomic E-state index is -0.245. The normalized spacial score (nSPS) is 23.8. The molecule has 8 nitrogen and oxygen atoms in total. The van der Waals surface area contributed by atoms with Gasteiger partial charge in [-0.1, -0.05) is 0 Å². The number of carbonyl (C=O) groups excluding carboxylic acids is 2. The lowest BCUT2D eigenvalue weighted by Gasteiger charge is -2.46. The van der Waals surface area contributed by atoms with Crippen LogP contribution in [0.4, 0.5) is 5.69 Å². The van der Waals surface area contributed by atoms with Crippen LogP contribution in [0.25, 0.3) is 0 Å². The van der Waals surface area contributed by atoms with Gasteiger partial charge in [0.2, 0.25) is 5.91 Å². The van der Waals surface area contributed by atoms with Gasteiger partial charge in [0, 0.05) is 31.5 Å². The number of nitrogens with one attached hydrogen (secondary N) is 1. The molecule has 2 aromatic rings. The molecule has 0 unspecified atom stereocenters. The van der Waals surface area contributed by atoms with E-state index in [0.29, 0.717) is 31.9 Å². The van der Waals surface area contributed by atoms with Crippen molar-refractivity contribution in [2.45, 2.75) is 18.9 Å². The predicted molar refractivity (Wildman–Crippen MR) is 95.8 cm³/mol. The largest absolute Gasteiger partial charge is 0.335 e. The van der Waals surface area contributed by atoms with Crippen LogP contribution in [-0.2, 0) is 4.79 Å². The fourth-order valence-corrected chi connectivity index (χ4v) is 3.87. The number of aryl methyl sites for hydroxylation is 1. The molecule has 2 aliphatic rings. The number of anilines is 1. The molecule has 8 heteroatoms. The molecule has 0 saturated carbocycles. The van der Waals surface area contributed by atoms with E-state index in [2.05, 4.69) is 20.1 Å². The Morgan fingerprint density at radius 3 is 2.88 bits per heavy atom. The van der Waals surface area contributed by atoms with Gasteiger partial charge in [-0.15, -0.1) is 0 Å². The number of aromatic amines is 1. The molecule has 1 N–H and O–H groups in total. The van der Waals surface area contributed by atoms with Gasteiger partial charge in [0.1, 0.15) is 5.69 Å². The second kappa shape index (κ2) is 6.21. The molecule has 2 aromatic heterocycles. The first-order valence-corrected chi connectivity index (χ1v) is 8.71. The van der Waals surface area contributed by atoms with Gasteiger partial charge in [0.05, 0.1) is 24.0 Å². The lowest BCUT2D eigenvalue weighted by Crippen LogP contribution is -2.64. The molecular formula is C18H22N6O2. The molecular weight excluding hydrogens is 332 g/mol. The maximum atomic E-state index is 12.7. The summed E-state index contributed by atoms with van der Waals surface area (Å²) in [7, 11) is 1.96. The van der Waals surface area contributed by atoms with Gasteiger partial charge in [-0.3, -0.25) is 24.6 Å². The molecule has 0 aromatic carbocycles. The minimum absolute atomic E-state index is 0.0545. The molecule has 0 radical (unpaired) electrons. The Kier molecular flexibility index (Phi) is 3.99. The van der Waals surface area contributed by atoms with E-state index < -0.39 is 0 Å². The maximum absolute atomic E-state index is 12.7. The second-order valence-corrected chi connectivity index (χ2v) is 7.18. The first-order valence-electron chi connectivity index (χ1n) is 8.71. The summed E-state index contributed by atoms with van der Waals surface area (Å²) in [6.07, 6.45) is 4.23. The highest BCUT2D eigenvalue weighted by molar-refractivity contribution is 5.96. The van der Waals surface area contributed by atoms with Crippen molar-refractivity contribution in [2.75, 3.05) is 38.1 Å². The van der Waals surface area contributed by atoms with Crippen molar-refractivity contribution in [1.29, 1.82) is 0 Å². The molecule has 0 bridgehead atoms. The summed E-state index contributed by atoms with van der Waals surface area (Å²) >= 11 is 0. The minimum Gasteiger partial charge on any atom is -0.335 e. The van der Waals surface area contributed by atoms with E-state index >= 15 is 0 Å². The highest BCUT2D eigenvalue weighted by atomic mass is 16.2. The van der Waals surface area contributed by atoms with Crippen LogP contribution in [0.2, 0.25) is 0 Å². The summed E-state index contributed by atoms with van der Waals surface area (Å²) in [6.45, 7) is 4.00. The maximum Gasteiger partial charge on any atom is 0.274 e. The zero-order valence-corrected chi connectivity index (χ0v) is 15.0. The molecule has 2 amide bonds. The van der Waals surface area contributed by atoms with Crippen LogP contribution in [0.15, 0.2) is 30.6 Å². The van der Waals surface area contributed by atoms with Crippen LogP contribution < -0.4 is 4.90 Å². The van der Waals surface area contributed by atoms with Crippen molar-refractivity contribution in [3.8, 4) is 0 Å². The summed E-state index contributed by atoms with van der Waals surface area (Å²) < 4.78 is 0. The molecule has 1 atom stereocenters. The van der Waals surface area contributed by atoms with Gasteiger partial charge in [-0.2, -0.15) is 5.10 Å². The van der Waals surface area contributed by atoms with Crippen LogP contribution in [0.1, 0.15) is 22.6 Å². The van der Waals surface area contributed by atoms with Gasteiger partial charge < -0.3 is 9.80 Å². The van der Waals surface area contributed by atoms with Crippen LogP contribution in [-0.4, -0.2) is 75.6 Å². The van der Waals surface area contributed by atoms with Crippen molar-refractivity contribution in [3.05, 3.63) is 42.0 Å². The molecule has 136 valence electrons. The van der Waals surface area contributed by atoms with Crippen LogP contribution in [0.5, 0.6) is 0 Å². The zero-order chi connectivity index (χ0) is 18.3. The first-order chi connectivity index (χ1) is 12.5. The smallest absolute Gasteiger partial charge is 0.274 e. The number of H-pyrrole nitrogens is 1. The number of amides is 2. The van der Waals surface area contributed by atoms with E-state index in [0.717, 1.165) is 17.8 Å². The number of rotatable bonds is 2. The number of nitrogens with zero attached hydrogens (tertiary/aromatic N) is 5. The van der Waals surface area contributed by atoms with Gasteiger partial charge in [0.15, 0.2) is 0 Å². The third kappa shape index (κ3) is 2.76. The molecule has 2 aliphatic heterocycles. The molecule has 4 rings (SSSR count). The molecule has 0 aliphatic carbocycles. The average molecular weight is 354 g/mol. The Hall–Kier alpha value is -2.74. The van der Waals surface area contributed by atoms with Gasteiger partial charge in [0.25, 0.3) is 5.91 Å². The summed E-state index contributed by atoms with van der Waals surface area (Å²) in [4.78, 5) is 35.1. The number of hydrogen-bond acceptors (Lipinski definition) is 5. The summed E-state index contributed by atoms with van der Waals surface area (Å²) in [6, 6.07) is 5.50. The van der Waals surface area contributed by atoms with Gasteiger partial charge >= 0.3 is 0 Å². The fourth-order valence-electron chi connectivity index (χ4n) is 3.87. The number of piperazine rings is 1. The number of likely N-dealkylation sites (tertiary alicyclic amines) is 1. The van der Waals surface area contributed by atoms with Crippen molar-refractivity contribution >= 4 is 17.5 Å². The van der Waals surface area contributed by atoms with E-state index in [1.165, 1.54) is 0 Å². The standard InChI is InChI=1S/C18H22N6O2/c1-13-8-15(21-20-13)17(26)23-7-5-18(11-23)12-24(16(25)10-22(18)2)14-4-3-6-19-9-14/h3-4,6,8-9H,5,7,10-12H2,1-2H3,(H,20,21)/t18-/m1/s1. The van der Waals surface area contributed by atoms with Crippen LogP contribution in [0.3, 0.4) is 0 Å². The van der Waals surface area contributed by atoms with Crippen LogP contribution in [0, 0.1) is 6.92 Å². The van der Waals surface area contributed by atoms with E-state index in [9.17, 15) is 9.59 Å². The molecule has 26 heavy (non-hydrogen) atoms. The summed E-state index contributed by atoms with van der Waals surface area (Å²) in [5, 5.41) is 6.90. The molecule has 2 fully saturated rings. The number of pyridine rings is 1. The van der Waals surface area contributed by atoms with Gasteiger partial charge in [-0.05, 0) is 38.6 Å². The van der Waals surface area contributed by atoms with Gasteiger partial charge in [-0.25, -0.2) is 0 Å². The Morgan fingerprint density at radius 1 is 1.35 bits per heavy atom. The molecule has 1 spiro atoms. The van der Waals surface area contributed by atoms with E-state index in [4.69, 9.17) is 0 Å². The van der Waals surface area contributed by atoms with Crippen molar-refractivity contribution in [3.63, 3.8) is 0 Å². The average Bonchev–Trinajstić information content (AvgIpc) is 3.26. The highest BCUT2D eigenvalue weighted by Gasteiger charge is 2.49. The third-order valence-electron chi connectivity index (χ3n) is 5.44. The SMILES string of the molecule is Cc1cc(C(=O)N2CC[C@@]3(C2)CN(c2cccnc2)C(=O)CN3C)n[nH]1. The zero-order valence-electron chi connectivity index (χ0n) is 15.0. The number of carbonyl (C=O) groups is 2. The fraction of sp³-hybridized carbons (Fsp3) is 0.444. The second-order valence-electron chi connectivity index (χ2n) is 7.18. The first kappa shape index (κ1) is 16.7. The van der Waals surface area contributed by atoms with E-state index in [-0.39, 0.29) is 17.4 Å². The van der Waals surface area contributed by atoms with E-state index in [1.54, 1.807) is 23.4 Å². The van der Waals surface area contributed by atoms with Crippen molar-refractivity contribution in [1.82, 2.24) is 25.0 Å². The Labute approximate surface area is 151 Å². The summed E-state index contributed by atoms with van der Waals surface area (Å²) in [5.74, 6) is -0.0109. The van der Waals surface area contributed by atoms with Crippen molar-refractivity contribution < 1.29 is 9.59 Å². The Morgan fingerprint density at radius 2 is 2.19 bits per heavy atom. The Balaban J connectivity index is 1.56. The quantitative estimate of drug-likeness (QED) is 0.857. The Bertz CT molecular complexity index is 835. The number of likely N-dealkylation sites (N-methyl/N-ethyl adjacent to an activating group) is 1. The monoisotopic (exact) mass is 354 g/mol. The highest BCUT2D eigenvalue weighted by Crippen LogP contribution is 2.33.